The zero-order valence-electron chi connectivity index (χ0n) is 11.2. The SMILES string of the molecule is CC(C)(CC(=O)Nc1cc(C(F)(F)F)ccc1Br)C(=O)O. The van der Waals surface area contributed by atoms with Crippen molar-refractivity contribution in [3.8, 4) is 0 Å². The van der Waals surface area contributed by atoms with Crippen LogP contribution in [-0.4, -0.2) is 17.0 Å². The molecule has 0 unspecified atom stereocenters. The molecule has 0 radical (unpaired) electrons. The number of alkyl halides is 3. The van der Waals surface area contributed by atoms with Crippen molar-refractivity contribution >= 4 is 33.5 Å². The summed E-state index contributed by atoms with van der Waals surface area (Å²) in [6, 6.07) is 2.83. The lowest BCUT2D eigenvalue weighted by Gasteiger charge is -2.19. The van der Waals surface area contributed by atoms with Crippen LogP contribution in [0, 0.1) is 5.41 Å². The number of carboxylic acid groups (broad SMARTS) is 1. The molecule has 0 fully saturated rings. The van der Waals surface area contributed by atoms with Crippen molar-refractivity contribution in [3.05, 3.63) is 28.2 Å². The molecule has 0 bridgehead atoms. The number of benzene rings is 1. The van der Waals surface area contributed by atoms with Gasteiger partial charge in [0.25, 0.3) is 0 Å². The Labute approximate surface area is 127 Å². The van der Waals surface area contributed by atoms with Crippen molar-refractivity contribution in [2.75, 3.05) is 5.32 Å². The fraction of sp³-hybridized carbons (Fsp3) is 0.385. The fourth-order valence-corrected chi connectivity index (χ4v) is 1.81. The summed E-state index contributed by atoms with van der Waals surface area (Å²) < 4.78 is 38.1. The molecule has 0 spiro atoms. The number of aliphatic carboxylic acids is 1. The topological polar surface area (TPSA) is 66.4 Å². The summed E-state index contributed by atoms with van der Waals surface area (Å²) in [5.41, 5.74) is -2.27. The molecule has 1 rings (SSSR count). The van der Waals surface area contributed by atoms with E-state index in [-0.39, 0.29) is 16.6 Å². The van der Waals surface area contributed by atoms with Gasteiger partial charge in [-0.25, -0.2) is 0 Å². The van der Waals surface area contributed by atoms with Crippen LogP contribution in [-0.2, 0) is 15.8 Å². The molecule has 1 aromatic carbocycles. The van der Waals surface area contributed by atoms with E-state index in [0.29, 0.717) is 0 Å². The van der Waals surface area contributed by atoms with Crippen LogP contribution < -0.4 is 5.32 Å². The van der Waals surface area contributed by atoms with Crippen LogP contribution in [0.4, 0.5) is 18.9 Å². The van der Waals surface area contributed by atoms with Crippen molar-refractivity contribution in [2.45, 2.75) is 26.4 Å². The van der Waals surface area contributed by atoms with E-state index in [1.54, 1.807) is 0 Å². The first-order chi connectivity index (χ1) is 9.43. The van der Waals surface area contributed by atoms with Crippen LogP contribution in [0.5, 0.6) is 0 Å². The van der Waals surface area contributed by atoms with Crippen LogP contribution in [0.1, 0.15) is 25.8 Å². The summed E-state index contributed by atoms with van der Waals surface area (Å²) in [7, 11) is 0. The average Bonchev–Trinajstić information content (AvgIpc) is 2.29. The number of hydrogen-bond acceptors (Lipinski definition) is 2. The lowest BCUT2D eigenvalue weighted by Crippen LogP contribution is -2.29. The Balaban J connectivity index is 2.93. The predicted octanol–water partition coefficient (Wildman–Crippen LogP) is 3.91. The molecule has 0 heterocycles. The molecule has 0 aliphatic carbocycles. The van der Waals surface area contributed by atoms with Crippen molar-refractivity contribution in [3.63, 3.8) is 0 Å². The summed E-state index contributed by atoms with van der Waals surface area (Å²) in [6.45, 7) is 2.71. The van der Waals surface area contributed by atoms with Crippen LogP contribution >= 0.6 is 15.9 Å². The van der Waals surface area contributed by atoms with Crippen LogP contribution in [0.3, 0.4) is 0 Å². The molecule has 0 aromatic heterocycles. The molecule has 21 heavy (non-hydrogen) atoms. The van der Waals surface area contributed by atoms with E-state index in [1.165, 1.54) is 19.9 Å². The lowest BCUT2D eigenvalue weighted by molar-refractivity contribution is -0.149. The van der Waals surface area contributed by atoms with Gasteiger partial charge in [-0.2, -0.15) is 13.2 Å². The van der Waals surface area contributed by atoms with Crippen molar-refractivity contribution in [1.29, 1.82) is 0 Å². The number of carbonyl (C=O) groups is 2. The highest BCUT2D eigenvalue weighted by Crippen LogP contribution is 2.34. The molecule has 1 aromatic rings. The highest BCUT2D eigenvalue weighted by atomic mass is 79.9. The standard InChI is InChI=1S/C13H13BrF3NO3/c1-12(2,11(20)21)6-10(19)18-9-5-7(13(15,16)17)3-4-8(9)14/h3-5H,6H2,1-2H3,(H,18,19)(H,20,21). The van der Waals surface area contributed by atoms with Gasteiger partial charge in [0.2, 0.25) is 5.91 Å². The fourth-order valence-electron chi connectivity index (χ4n) is 1.47. The molecule has 0 atom stereocenters. The number of anilines is 1. The third kappa shape index (κ3) is 4.73. The Hall–Kier alpha value is -1.57. The highest BCUT2D eigenvalue weighted by molar-refractivity contribution is 9.10. The summed E-state index contributed by atoms with van der Waals surface area (Å²) in [5, 5.41) is 11.2. The number of rotatable bonds is 4. The molecular weight excluding hydrogens is 355 g/mol. The molecule has 1 amide bonds. The third-order valence-corrected chi connectivity index (χ3v) is 3.44. The van der Waals surface area contributed by atoms with Crippen LogP contribution in [0.25, 0.3) is 0 Å². The van der Waals surface area contributed by atoms with Gasteiger partial charge in [0.05, 0.1) is 16.7 Å². The second-order valence-electron chi connectivity index (χ2n) is 5.11. The first-order valence-electron chi connectivity index (χ1n) is 5.83. The molecular formula is C13H13BrF3NO3. The first kappa shape index (κ1) is 17.5. The summed E-state index contributed by atoms with van der Waals surface area (Å²) in [5.74, 6) is -1.84. The average molecular weight is 368 g/mol. The van der Waals surface area contributed by atoms with E-state index in [1.807, 2.05) is 0 Å². The zero-order chi connectivity index (χ0) is 16.4. The highest BCUT2D eigenvalue weighted by Gasteiger charge is 2.32. The molecule has 0 aliphatic rings. The van der Waals surface area contributed by atoms with Gasteiger partial charge in [-0.15, -0.1) is 0 Å². The Morgan fingerprint density at radius 3 is 2.33 bits per heavy atom. The van der Waals surface area contributed by atoms with E-state index in [4.69, 9.17) is 5.11 Å². The number of hydrogen-bond donors (Lipinski definition) is 2. The number of nitrogens with one attached hydrogen (secondary N) is 1. The van der Waals surface area contributed by atoms with Crippen molar-refractivity contribution < 1.29 is 27.9 Å². The van der Waals surface area contributed by atoms with Gasteiger partial charge in [-0.1, -0.05) is 0 Å². The van der Waals surface area contributed by atoms with E-state index in [0.717, 1.165) is 12.1 Å². The predicted molar refractivity (Wildman–Crippen MR) is 73.8 cm³/mol. The molecule has 8 heteroatoms. The Morgan fingerprint density at radius 2 is 1.86 bits per heavy atom. The maximum Gasteiger partial charge on any atom is 0.416 e. The molecule has 2 N–H and O–H groups in total. The summed E-state index contributed by atoms with van der Waals surface area (Å²) >= 11 is 3.04. The Kier molecular flexibility index (Phi) is 5.03. The third-order valence-electron chi connectivity index (χ3n) is 2.75. The van der Waals surface area contributed by atoms with Crippen LogP contribution in [0.15, 0.2) is 22.7 Å². The first-order valence-corrected chi connectivity index (χ1v) is 6.63. The Morgan fingerprint density at radius 1 is 1.29 bits per heavy atom. The minimum Gasteiger partial charge on any atom is -0.481 e. The van der Waals surface area contributed by atoms with Crippen LogP contribution in [0.2, 0.25) is 0 Å². The Bertz CT molecular complexity index is 570. The minimum absolute atomic E-state index is 0.0592. The maximum atomic E-state index is 12.6. The minimum atomic E-state index is -4.53. The quantitative estimate of drug-likeness (QED) is 0.847. The van der Waals surface area contributed by atoms with Gasteiger partial charge in [-0.05, 0) is 48.0 Å². The summed E-state index contributed by atoms with van der Waals surface area (Å²) in [6.07, 6.45) is -4.88. The normalized spacial score (nSPS) is 12.1. The van der Waals surface area contributed by atoms with E-state index in [2.05, 4.69) is 21.2 Å². The van der Waals surface area contributed by atoms with Crippen molar-refractivity contribution in [1.82, 2.24) is 0 Å². The number of carboxylic acids is 1. The molecule has 4 nitrogen and oxygen atoms in total. The monoisotopic (exact) mass is 367 g/mol. The van der Waals surface area contributed by atoms with Gasteiger partial charge < -0.3 is 10.4 Å². The molecule has 0 saturated carbocycles. The molecule has 0 saturated heterocycles. The number of halogens is 4. The van der Waals surface area contributed by atoms with Gasteiger partial charge in [0.15, 0.2) is 0 Å². The van der Waals surface area contributed by atoms with Gasteiger partial charge in [0, 0.05) is 10.9 Å². The van der Waals surface area contributed by atoms with E-state index >= 15 is 0 Å². The largest absolute Gasteiger partial charge is 0.481 e. The number of amides is 1. The van der Waals surface area contributed by atoms with Gasteiger partial charge in [-0.3, -0.25) is 9.59 Å². The van der Waals surface area contributed by atoms with Crippen molar-refractivity contribution in [2.24, 2.45) is 5.41 Å². The second kappa shape index (κ2) is 6.05. The smallest absolute Gasteiger partial charge is 0.416 e. The maximum absolute atomic E-state index is 12.6. The molecule has 116 valence electrons. The lowest BCUT2D eigenvalue weighted by atomic mass is 9.89. The van der Waals surface area contributed by atoms with Gasteiger partial charge in [0.1, 0.15) is 0 Å². The van der Waals surface area contributed by atoms with E-state index < -0.39 is 29.0 Å². The van der Waals surface area contributed by atoms with E-state index in [9.17, 15) is 22.8 Å². The zero-order valence-corrected chi connectivity index (χ0v) is 12.8. The second-order valence-corrected chi connectivity index (χ2v) is 5.96. The molecule has 0 aliphatic heterocycles. The summed E-state index contributed by atoms with van der Waals surface area (Å²) in [4.78, 5) is 22.7. The number of carbonyl (C=O) groups excluding carboxylic acids is 1. The van der Waals surface area contributed by atoms with Gasteiger partial charge >= 0.3 is 12.1 Å².